The Labute approximate surface area is 174 Å². The Morgan fingerprint density at radius 2 is 1.80 bits per heavy atom. The van der Waals surface area contributed by atoms with Gasteiger partial charge in [0.25, 0.3) is 5.89 Å². The van der Waals surface area contributed by atoms with Crippen molar-refractivity contribution >= 4 is 5.97 Å². The van der Waals surface area contributed by atoms with Crippen molar-refractivity contribution in [1.82, 2.24) is 10.1 Å². The monoisotopic (exact) mass is 412 g/mol. The van der Waals surface area contributed by atoms with Crippen LogP contribution >= 0.6 is 0 Å². The molecule has 2 aromatic carbocycles. The first-order chi connectivity index (χ1) is 14.6. The summed E-state index contributed by atoms with van der Waals surface area (Å²) < 4.78 is 26.5. The number of carbonyl (C=O) groups excluding carboxylic acids is 1. The normalized spacial score (nSPS) is 10.5. The van der Waals surface area contributed by atoms with Gasteiger partial charge in [-0.3, -0.25) is 4.79 Å². The van der Waals surface area contributed by atoms with E-state index in [9.17, 15) is 4.79 Å². The minimum atomic E-state index is -0.357. The Balaban J connectivity index is 1.45. The van der Waals surface area contributed by atoms with E-state index in [2.05, 4.69) is 10.1 Å². The number of hydrogen-bond acceptors (Lipinski definition) is 8. The second kappa shape index (κ2) is 10.3. The average molecular weight is 412 g/mol. The molecule has 0 aliphatic rings. The van der Waals surface area contributed by atoms with Crippen molar-refractivity contribution in [2.45, 2.75) is 26.4 Å². The van der Waals surface area contributed by atoms with Crippen LogP contribution in [0.2, 0.25) is 0 Å². The molecular formula is C22H24N2O6. The summed E-state index contributed by atoms with van der Waals surface area (Å²) in [6, 6.07) is 13.0. The first-order valence-electron chi connectivity index (χ1n) is 9.49. The van der Waals surface area contributed by atoms with Gasteiger partial charge < -0.3 is 23.5 Å². The summed E-state index contributed by atoms with van der Waals surface area (Å²) in [6.07, 6.45) is 0.782. The van der Waals surface area contributed by atoms with Gasteiger partial charge in [-0.1, -0.05) is 22.9 Å². The Morgan fingerprint density at radius 3 is 2.53 bits per heavy atom. The van der Waals surface area contributed by atoms with Crippen LogP contribution in [-0.2, 0) is 16.1 Å². The van der Waals surface area contributed by atoms with E-state index >= 15 is 0 Å². The van der Waals surface area contributed by atoms with Gasteiger partial charge in [0.15, 0.2) is 6.61 Å². The van der Waals surface area contributed by atoms with Gasteiger partial charge in [-0.2, -0.15) is 4.98 Å². The quantitative estimate of drug-likeness (QED) is 0.365. The maximum Gasteiger partial charge on any atom is 0.306 e. The van der Waals surface area contributed by atoms with Gasteiger partial charge in [0.1, 0.15) is 17.2 Å². The maximum atomic E-state index is 11.9. The van der Waals surface area contributed by atoms with Crippen molar-refractivity contribution < 1.29 is 28.3 Å². The molecule has 8 nitrogen and oxygen atoms in total. The van der Waals surface area contributed by atoms with E-state index in [0.29, 0.717) is 35.9 Å². The van der Waals surface area contributed by atoms with Crippen LogP contribution in [0.5, 0.6) is 17.2 Å². The van der Waals surface area contributed by atoms with Crippen molar-refractivity contribution in [3.05, 3.63) is 53.9 Å². The number of nitrogens with zero attached hydrogens (tertiary/aromatic N) is 2. The van der Waals surface area contributed by atoms with E-state index in [4.69, 9.17) is 23.5 Å². The van der Waals surface area contributed by atoms with Gasteiger partial charge >= 0.3 is 5.97 Å². The summed E-state index contributed by atoms with van der Waals surface area (Å²) in [5.74, 6) is 2.16. The van der Waals surface area contributed by atoms with Crippen molar-refractivity contribution in [1.29, 1.82) is 0 Å². The van der Waals surface area contributed by atoms with Crippen molar-refractivity contribution in [3.8, 4) is 28.6 Å². The molecule has 0 amide bonds. The molecule has 0 unspecified atom stereocenters. The highest BCUT2D eigenvalue weighted by Crippen LogP contribution is 2.31. The second-order valence-electron chi connectivity index (χ2n) is 6.50. The molecule has 1 heterocycles. The van der Waals surface area contributed by atoms with E-state index in [1.807, 2.05) is 31.2 Å². The van der Waals surface area contributed by atoms with Crippen LogP contribution in [-0.4, -0.2) is 36.9 Å². The van der Waals surface area contributed by atoms with Crippen LogP contribution in [0.3, 0.4) is 0 Å². The molecule has 0 atom stereocenters. The number of benzene rings is 2. The number of ether oxygens (including phenoxy) is 4. The highest BCUT2D eigenvalue weighted by atomic mass is 16.6. The fraction of sp³-hybridized carbons (Fsp3) is 0.318. The molecule has 30 heavy (non-hydrogen) atoms. The van der Waals surface area contributed by atoms with Crippen molar-refractivity contribution in [3.63, 3.8) is 0 Å². The first-order valence-corrected chi connectivity index (χ1v) is 9.49. The van der Waals surface area contributed by atoms with Crippen LogP contribution in [0.1, 0.15) is 24.3 Å². The fourth-order valence-corrected chi connectivity index (χ4v) is 2.66. The lowest BCUT2D eigenvalue weighted by atomic mass is 10.2. The fourth-order valence-electron chi connectivity index (χ4n) is 2.66. The number of esters is 1. The molecule has 0 bridgehead atoms. The van der Waals surface area contributed by atoms with Crippen LogP contribution in [0.15, 0.2) is 47.0 Å². The second-order valence-corrected chi connectivity index (χ2v) is 6.50. The summed E-state index contributed by atoms with van der Waals surface area (Å²) in [5.41, 5.74) is 1.81. The molecule has 0 aliphatic heterocycles. The Kier molecular flexibility index (Phi) is 7.26. The molecule has 0 saturated heterocycles. The van der Waals surface area contributed by atoms with Crippen molar-refractivity contribution in [2.24, 2.45) is 0 Å². The summed E-state index contributed by atoms with van der Waals surface area (Å²) in [7, 11) is 3.12. The Bertz CT molecular complexity index is 968. The third-order valence-corrected chi connectivity index (χ3v) is 4.29. The van der Waals surface area contributed by atoms with E-state index in [-0.39, 0.29) is 24.9 Å². The molecule has 1 aromatic heterocycles. The zero-order valence-corrected chi connectivity index (χ0v) is 17.2. The molecule has 8 heteroatoms. The summed E-state index contributed by atoms with van der Waals surface area (Å²) >= 11 is 0. The number of carbonyl (C=O) groups is 1. The van der Waals surface area contributed by atoms with Crippen LogP contribution in [0, 0.1) is 6.92 Å². The molecule has 158 valence electrons. The van der Waals surface area contributed by atoms with Crippen LogP contribution < -0.4 is 14.2 Å². The van der Waals surface area contributed by atoms with Gasteiger partial charge in [-0.15, -0.1) is 0 Å². The molecular weight excluding hydrogens is 388 g/mol. The smallest absolute Gasteiger partial charge is 0.306 e. The van der Waals surface area contributed by atoms with Gasteiger partial charge in [0, 0.05) is 12.5 Å². The summed E-state index contributed by atoms with van der Waals surface area (Å²) in [4.78, 5) is 16.2. The zero-order chi connectivity index (χ0) is 21.3. The third kappa shape index (κ3) is 5.73. The number of rotatable bonds is 10. The molecule has 3 rings (SSSR count). The van der Waals surface area contributed by atoms with E-state index in [1.165, 1.54) is 5.56 Å². The van der Waals surface area contributed by atoms with Crippen molar-refractivity contribution in [2.75, 3.05) is 20.8 Å². The van der Waals surface area contributed by atoms with E-state index < -0.39 is 0 Å². The number of methoxy groups -OCH3 is 2. The molecule has 0 fully saturated rings. The average Bonchev–Trinajstić information content (AvgIpc) is 3.25. The number of hydrogen-bond donors (Lipinski definition) is 0. The molecule has 0 saturated carbocycles. The standard InChI is InChI=1S/C22H24N2O6/c1-15-6-8-16(9-7-15)28-12-4-5-21(25)29-14-20-23-22(24-30-20)18-11-10-17(26-2)13-19(18)27-3/h6-11,13H,4-5,12,14H2,1-3H3. The maximum absolute atomic E-state index is 11.9. The predicted octanol–water partition coefficient (Wildman–Crippen LogP) is 3.96. The molecule has 3 aromatic rings. The highest BCUT2D eigenvalue weighted by molar-refractivity contribution is 5.69. The van der Waals surface area contributed by atoms with Crippen LogP contribution in [0.4, 0.5) is 0 Å². The SMILES string of the molecule is COc1ccc(-c2noc(COC(=O)CCCOc3ccc(C)cc3)n2)c(OC)c1. The Morgan fingerprint density at radius 1 is 1.03 bits per heavy atom. The highest BCUT2D eigenvalue weighted by Gasteiger charge is 2.15. The molecule has 0 radical (unpaired) electrons. The minimum absolute atomic E-state index is 0.0941. The predicted molar refractivity (Wildman–Crippen MR) is 109 cm³/mol. The molecule has 0 N–H and O–H groups in total. The minimum Gasteiger partial charge on any atom is -0.497 e. The topological polar surface area (TPSA) is 92.9 Å². The zero-order valence-electron chi connectivity index (χ0n) is 17.2. The number of aromatic nitrogens is 2. The third-order valence-electron chi connectivity index (χ3n) is 4.29. The molecule has 0 spiro atoms. The number of aryl methyl sites for hydroxylation is 1. The van der Waals surface area contributed by atoms with E-state index in [0.717, 1.165) is 5.75 Å². The van der Waals surface area contributed by atoms with Gasteiger partial charge in [-0.25, -0.2) is 0 Å². The molecule has 0 aliphatic carbocycles. The van der Waals surface area contributed by atoms with Gasteiger partial charge in [0.05, 0.1) is 26.4 Å². The lowest BCUT2D eigenvalue weighted by molar-refractivity contribution is -0.146. The van der Waals surface area contributed by atoms with Gasteiger partial charge in [-0.05, 0) is 37.6 Å². The lowest BCUT2D eigenvalue weighted by Gasteiger charge is -2.07. The Hall–Kier alpha value is -3.55. The largest absolute Gasteiger partial charge is 0.497 e. The summed E-state index contributed by atoms with van der Waals surface area (Å²) in [5, 5.41) is 3.93. The lowest BCUT2D eigenvalue weighted by Crippen LogP contribution is -2.07. The van der Waals surface area contributed by atoms with E-state index in [1.54, 1.807) is 32.4 Å². The van der Waals surface area contributed by atoms with Gasteiger partial charge in [0.2, 0.25) is 5.82 Å². The van der Waals surface area contributed by atoms with Crippen LogP contribution in [0.25, 0.3) is 11.4 Å². The summed E-state index contributed by atoms with van der Waals surface area (Å²) in [6.45, 7) is 2.35. The first kappa shape index (κ1) is 21.2.